The molecular weight excluding hydrogens is 202 g/mol. The Bertz CT molecular complexity index is 383. The first-order chi connectivity index (χ1) is 6.93. The Labute approximate surface area is 85.9 Å². The number of alkyl halides is 2. The predicted molar refractivity (Wildman–Crippen MR) is 51.7 cm³/mol. The first kappa shape index (κ1) is 11.4. The summed E-state index contributed by atoms with van der Waals surface area (Å²) in [7, 11) is 0. The molecule has 0 atom stereocenters. The van der Waals surface area contributed by atoms with Crippen LogP contribution in [0.4, 0.5) is 8.78 Å². The lowest BCUT2D eigenvalue weighted by Crippen LogP contribution is -2.12. The molecule has 2 nitrogen and oxygen atoms in total. The fraction of sp³-hybridized carbons (Fsp3) is 0.182. The number of allylic oxidation sites excluding steroid dienone is 1. The highest BCUT2D eigenvalue weighted by atomic mass is 19.3. The number of benzene rings is 1. The summed E-state index contributed by atoms with van der Waals surface area (Å²) in [6, 6.07) is 7.09. The van der Waals surface area contributed by atoms with Crippen molar-refractivity contribution in [1.29, 1.82) is 0 Å². The van der Waals surface area contributed by atoms with Crippen LogP contribution in [0.15, 0.2) is 42.0 Å². The molecule has 0 aliphatic carbocycles. The molecule has 1 rings (SSSR count). The van der Waals surface area contributed by atoms with Crippen LogP contribution >= 0.6 is 0 Å². The van der Waals surface area contributed by atoms with Crippen molar-refractivity contribution in [1.82, 2.24) is 0 Å². The highest BCUT2D eigenvalue weighted by Gasteiger charge is 2.29. The monoisotopic (exact) mass is 212 g/mol. The first-order valence-electron chi connectivity index (χ1n) is 4.29. The minimum atomic E-state index is -3.25. The molecule has 1 aromatic carbocycles. The molecule has 0 unspecified atom stereocenters. The van der Waals surface area contributed by atoms with Gasteiger partial charge in [-0.3, -0.25) is 0 Å². The predicted octanol–water partition coefficient (Wildman–Crippen LogP) is 2.81. The van der Waals surface area contributed by atoms with E-state index in [1.54, 1.807) is 6.07 Å². The molecule has 0 aliphatic heterocycles. The highest BCUT2D eigenvalue weighted by molar-refractivity contribution is 5.86. The van der Waals surface area contributed by atoms with Gasteiger partial charge in [0.05, 0.1) is 0 Å². The molecule has 0 bridgehead atoms. The maximum Gasteiger partial charge on any atom is 0.331 e. The maximum absolute atomic E-state index is 13.4. The van der Waals surface area contributed by atoms with E-state index in [-0.39, 0.29) is 11.1 Å². The molecule has 0 radical (unpaired) electrons. The van der Waals surface area contributed by atoms with E-state index in [9.17, 15) is 13.6 Å². The average Bonchev–Trinajstić information content (AvgIpc) is 2.18. The molecule has 0 fully saturated rings. The highest BCUT2D eigenvalue weighted by Crippen LogP contribution is 2.30. The Morgan fingerprint density at radius 1 is 1.33 bits per heavy atom. The molecule has 0 aromatic heterocycles. The van der Waals surface area contributed by atoms with Crippen molar-refractivity contribution in [2.75, 3.05) is 0 Å². The van der Waals surface area contributed by atoms with Crippen LogP contribution in [0.5, 0.6) is 0 Å². The lowest BCUT2D eigenvalue weighted by molar-refractivity contribution is -0.132. The maximum atomic E-state index is 13.4. The Morgan fingerprint density at radius 2 is 1.87 bits per heavy atom. The zero-order valence-electron chi connectivity index (χ0n) is 8.08. The van der Waals surface area contributed by atoms with Crippen molar-refractivity contribution in [2.45, 2.75) is 12.8 Å². The van der Waals surface area contributed by atoms with Gasteiger partial charge in [-0.15, -0.1) is 0 Å². The van der Waals surface area contributed by atoms with Crippen molar-refractivity contribution in [3.63, 3.8) is 0 Å². The number of hydrogen-bond donors (Lipinski definition) is 1. The van der Waals surface area contributed by atoms with Crippen LogP contribution in [-0.4, -0.2) is 11.1 Å². The molecule has 0 saturated heterocycles. The molecule has 1 aromatic rings. The van der Waals surface area contributed by atoms with Crippen LogP contribution in [-0.2, 0) is 10.7 Å². The Morgan fingerprint density at radius 3 is 2.33 bits per heavy atom. The first-order valence-corrected chi connectivity index (χ1v) is 4.29. The van der Waals surface area contributed by atoms with Gasteiger partial charge in [-0.05, 0) is 13.0 Å². The normalized spacial score (nSPS) is 12.6. The quantitative estimate of drug-likeness (QED) is 0.782. The Balaban J connectivity index is 3.04. The van der Waals surface area contributed by atoms with Gasteiger partial charge in [-0.25, -0.2) is 4.79 Å². The van der Waals surface area contributed by atoms with Gasteiger partial charge in [0.1, 0.15) is 0 Å². The van der Waals surface area contributed by atoms with Crippen molar-refractivity contribution in [2.24, 2.45) is 0 Å². The van der Waals surface area contributed by atoms with E-state index in [0.29, 0.717) is 6.08 Å². The molecule has 0 saturated carbocycles. The number of carboxylic acids is 1. The summed E-state index contributed by atoms with van der Waals surface area (Å²) in [5, 5.41) is 8.49. The van der Waals surface area contributed by atoms with Gasteiger partial charge in [0.2, 0.25) is 0 Å². The summed E-state index contributed by atoms with van der Waals surface area (Å²) < 4.78 is 26.9. The van der Waals surface area contributed by atoms with E-state index in [4.69, 9.17) is 5.11 Å². The van der Waals surface area contributed by atoms with Crippen LogP contribution in [0.2, 0.25) is 0 Å². The summed E-state index contributed by atoms with van der Waals surface area (Å²) >= 11 is 0. The fourth-order valence-electron chi connectivity index (χ4n) is 1.08. The lowest BCUT2D eigenvalue weighted by Gasteiger charge is -2.12. The third kappa shape index (κ3) is 2.87. The topological polar surface area (TPSA) is 37.3 Å². The lowest BCUT2D eigenvalue weighted by atomic mass is 10.1. The molecule has 4 heteroatoms. The summed E-state index contributed by atoms with van der Waals surface area (Å²) in [6.45, 7) is 1.14. The van der Waals surface area contributed by atoms with E-state index < -0.39 is 11.9 Å². The van der Waals surface area contributed by atoms with Gasteiger partial charge in [-0.1, -0.05) is 30.3 Å². The zero-order valence-corrected chi connectivity index (χ0v) is 8.08. The average molecular weight is 212 g/mol. The standard InChI is InChI=1S/C11H10F2O2/c1-8(10(14)15)7-11(12,13)9-5-3-2-4-6-9/h2-7H,1H3,(H,14,15)/b8-7+. The van der Waals surface area contributed by atoms with Crippen molar-refractivity contribution >= 4 is 5.97 Å². The second-order valence-corrected chi connectivity index (χ2v) is 3.12. The zero-order chi connectivity index (χ0) is 11.5. The van der Waals surface area contributed by atoms with Gasteiger partial charge >= 0.3 is 5.97 Å². The summed E-state index contributed by atoms with van der Waals surface area (Å²) in [5.74, 6) is -4.59. The van der Waals surface area contributed by atoms with Gasteiger partial charge in [0.15, 0.2) is 0 Å². The number of carbonyl (C=O) groups is 1. The second kappa shape index (κ2) is 4.21. The molecule has 0 heterocycles. The summed E-state index contributed by atoms with van der Waals surface area (Å²) in [6.07, 6.45) is 0.449. The Kier molecular flexibility index (Phi) is 3.19. The molecular formula is C11H10F2O2. The number of rotatable bonds is 3. The van der Waals surface area contributed by atoms with E-state index in [1.165, 1.54) is 24.3 Å². The van der Waals surface area contributed by atoms with E-state index in [0.717, 1.165) is 6.92 Å². The van der Waals surface area contributed by atoms with E-state index >= 15 is 0 Å². The van der Waals surface area contributed by atoms with Gasteiger partial charge in [-0.2, -0.15) is 8.78 Å². The summed E-state index contributed by atoms with van der Waals surface area (Å²) in [4.78, 5) is 10.4. The number of carboxylic acid groups (broad SMARTS) is 1. The van der Waals surface area contributed by atoms with Gasteiger partial charge in [0.25, 0.3) is 5.92 Å². The van der Waals surface area contributed by atoms with Crippen LogP contribution in [0.3, 0.4) is 0 Å². The number of halogens is 2. The van der Waals surface area contributed by atoms with Gasteiger partial charge < -0.3 is 5.11 Å². The van der Waals surface area contributed by atoms with E-state index in [2.05, 4.69) is 0 Å². The third-order valence-electron chi connectivity index (χ3n) is 1.89. The minimum Gasteiger partial charge on any atom is -0.478 e. The largest absolute Gasteiger partial charge is 0.478 e. The molecule has 15 heavy (non-hydrogen) atoms. The fourth-order valence-corrected chi connectivity index (χ4v) is 1.08. The smallest absolute Gasteiger partial charge is 0.331 e. The van der Waals surface area contributed by atoms with Crippen LogP contribution in [0.25, 0.3) is 0 Å². The molecule has 0 spiro atoms. The van der Waals surface area contributed by atoms with Gasteiger partial charge in [0, 0.05) is 11.1 Å². The number of hydrogen-bond acceptors (Lipinski definition) is 1. The molecule has 1 N–H and O–H groups in total. The van der Waals surface area contributed by atoms with Crippen molar-refractivity contribution in [3.8, 4) is 0 Å². The number of aliphatic carboxylic acids is 1. The summed E-state index contributed by atoms with van der Waals surface area (Å²) in [5.41, 5.74) is -0.588. The SMILES string of the molecule is C/C(=C\C(F)(F)c1ccccc1)C(=O)O. The van der Waals surface area contributed by atoms with Crippen molar-refractivity contribution in [3.05, 3.63) is 47.5 Å². The third-order valence-corrected chi connectivity index (χ3v) is 1.89. The molecule has 0 amide bonds. The van der Waals surface area contributed by atoms with E-state index in [1.807, 2.05) is 0 Å². The molecule has 80 valence electrons. The van der Waals surface area contributed by atoms with Crippen molar-refractivity contribution < 1.29 is 18.7 Å². The Hall–Kier alpha value is -1.71. The van der Waals surface area contributed by atoms with Crippen LogP contribution < -0.4 is 0 Å². The minimum absolute atomic E-state index is 0.217. The molecule has 0 aliphatic rings. The second-order valence-electron chi connectivity index (χ2n) is 3.12. The van der Waals surface area contributed by atoms with Crippen LogP contribution in [0, 0.1) is 0 Å². The van der Waals surface area contributed by atoms with Crippen LogP contribution in [0.1, 0.15) is 12.5 Å².